The van der Waals surface area contributed by atoms with Gasteiger partial charge in [-0.25, -0.2) is 4.79 Å². The fourth-order valence-corrected chi connectivity index (χ4v) is 4.41. The first-order valence-corrected chi connectivity index (χ1v) is 11.8. The number of methoxy groups -OCH3 is 1. The maximum Gasteiger partial charge on any atom is 0.340 e. The summed E-state index contributed by atoms with van der Waals surface area (Å²) in [5.74, 6) is -0.0582. The van der Waals surface area contributed by atoms with Crippen LogP contribution in [0.1, 0.15) is 40.5 Å². The van der Waals surface area contributed by atoms with Crippen LogP contribution in [0.2, 0.25) is 18.1 Å². The molecule has 5 nitrogen and oxygen atoms in total. The summed E-state index contributed by atoms with van der Waals surface area (Å²) < 4.78 is 16.8. The van der Waals surface area contributed by atoms with Gasteiger partial charge in [0.15, 0.2) is 8.32 Å². The molecule has 2 aliphatic rings. The fraction of sp³-hybridized carbons (Fsp3) is 0.737. The van der Waals surface area contributed by atoms with E-state index in [1.54, 1.807) is 0 Å². The lowest BCUT2D eigenvalue weighted by atomic mass is 9.71. The van der Waals surface area contributed by atoms with Crippen LogP contribution in [0.15, 0.2) is 23.5 Å². The number of allylic oxidation sites excluding steroid dienone is 1. The summed E-state index contributed by atoms with van der Waals surface area (Å²) >= 11 is 0. The van der Waals surface area contributed by atoms with Gasteiger partial charge in [0.1, 0.15) is 17.9 Å². The third-order valence-electron chi connectivity index (χ3n) is 5.89. The molecule has 0 spiro atoms. The zero-order chi connectivity index (χ0) is 19.0. The Morgan fingerprint density at radius 1 is 1.40 bits per heavy atom. The van der Waals surface area contributed by atoms with Crippen molar-refractivity contribution in [2.24, 2.45) is 5.41 Å². The van der Waals surface area contributed by atoms with Crippen LogP contribution >= 0.6 is 0 Å². The highest BCUT2D eigenvalue weighted by atomic mass is 28.4. The van der Waals surface area contributed by atoms with Crippen LogP contribution in [-0.2, 0) is 18.7 Å². The van der Waals surface area contributed by atoms with E-state index >= 15 is 0 Å². The standard InChI is InChI=1S/C19H32O5Si/c1-18(2,3)25(6,7)24-13-9-8-10-19(4,11-13)16(20)15-14(22-5)12-23-17(15)21/h8-9,13,16,20H,10-12H2,1-7H3/t13-,16?,19+/m1/s1. The Morgan fingerprint density at radius 2 is 2.04 bits per heavy atom. The number of carbonyl (C=O) groups is 1. The van der Waals surface area contributed by atoms with Gasteiger partial charge in [-0.15, -0.1) is 0 Å². The number of esters is 1. The maximum absolute atomic E-state index is 12.0. The van der Waals surface area contributed by atoms with Crippen LogP contribution in [0.3, 0.4) is 0 Å². The molecule has 3 atom stereocenters. The van der Waals surface area contributed by atoms with Crippen LogP contribution in [0.25, 0.3) is 0 Å². The molecule has 25 heavy (non-hydrogen) atoms. The minimum absolute atomic E-state index is 0.0571. The van der Waals surface area contributed by atoms with Gasteiger partial charge in [0.25, 0.3) is 0 Å². The Bertz CT molecular complexity index is 587. The van der Waals surface area contributed by atoms with Crippen molar-refractivity contribution < 1.29 is 23.8 Å². The van der Waals surface area contributed by atoms with Gasteiger partial charge in [0.2, 0.25) is 0 Å². The molecule has 1 N–H and O–H groups in total. The Balaban J connectivity index is 2.20. The molecule has 0 saturated carbocycles. The molecule has 0 bridgehead atoms. The number of cyclic esters (lactones) is 1. The quantitative estimate of drug-likeness (QED) is 0.457. The lowest BCUT2D eigenvalue weighted by molar-refractivity contribution is -0.138. The van der Waals surface area contributed by atoms with E-state index in [2.05, 4.69) is 46.0 Å². The van der Waals surface area contributed by atoms with Crippen molar-refractivity contribution in [2.75, 3.05) is 13.7 Å². The van der Waals surface area contributed by atoms with Gasteiger partial charge in [-0.05, 0) is 31.0 Å². The maximum atomic E-state index is 12.0. The van der Waals surface area contributed by atoms with Gasteiger partial charge in [-0.2, -0.15) is 0 Å². The van der Waals surface area contributed by atoms with Crippen LogP contribution in [0.4, 0.5) is 0 Å². The summed E-state index contributed by atoms with van der Waals surface area (Å²) in [5.41, 5.74) is -0.240. The van der Waals surface area contributed by atoms with Crippen molar-refractivity contribution >= 4 is 14.3 Å². The van der Waals surface area contributed by atoms with Gasteiger partial charge < -0.3 is 19.0 Å². The van der Waals surface area contributed by atoms with Gasteiger partial charge in [-0.1, -0.05) is 39.8 Å². The Morgan fingerprint density at radius 3 is 2.60 bits per heavy atom. The normalized spacial score (nSPS) is 29.0. The first-order chi connectivity index (χ1) is 11.4. The molecular weight excluding hydrogens is 336 g/mol. The molecular formula is C19H32O5Si. The molecule has 2 rings (SSSR count). The third-order valence-corrected chi connectivity index (χ3v) is 10.4. The van der Waals surface area contributed by atoms with Gasteiger partial charge >= 0.3 is 5.97 Å². The summed E-state index contributed by atoms with van der Waals surface area (Å²) in [4.78, 5) is 12.0. The van der Waals surface area contributed by atoms with Crippen molar-refractivity contribution in [3.05, 3.63) is 23.5 Å². The highest BCUT2D eigenvalue weighted by Gasteiger charge is 2.46. The molecule has 0 radical (unpaired) electrons. The number of aliphatic hydroxyl groups excluding tert-OH is 1. The summed E-state index contributed by atoms with van der Waals surface area (Å²) in [7, 11) is -0.420. The summed E-state index contributed by atoms with van der Waals surface area (Å²) in [6.45, 7) is 13.2. The Kier molecular flexibility index (Phi) is 5.57. The minimum Gasteiger partial charge on any atom is -0.497 e. The number of hydrogen-bond donors (Lipinski definition) is 1. The molecule has 0 aromatic heterocycles. The monoisotopic (exact) mass is 368 g/mol. The second kappa shape index (κ2) is 6.89. The third kappa shape index (κ3) is 4.01. The highest BCUT2D eigenvalue weighted by molar-refractivity contribution is 6.74. The highest BCUT2D eigenvalue weighted by Crippen LogP contribution is 2.44. The van der Waals surface area contributed by atoms with Crippen LogP contribution in [0.5, 0.6) is 0 Å². The molecule has 6 heteroatoms. The van der Waals surface area contributed by atoms with E-state index < -0.39 is 25.8 Å². The fourth-order valence-electron chi connectivity index (χ4n) is 3.14. The zero-order valence-electron chi connectivity index (χ0n) is 16.5. The number of carbonyl (C=O) groups excluding carboxylic acids is 1. The van der Waals surface area contributed by atoms with Crippen LogP contribution < -0.4 is 0 Å². The predicted molar refractivity (Wildman–Crippen MR) is 99.6 cm³/mol. The van der Waals surface area contributed by atoms with Crippen molar-refractivity contribution in [2.45, 2.75) is 70.9 Å². The van der Waals surface area contributed by atoms with Crippen molar-refractivity contribution in [1.82, 2.24) is 0 Å². The molecule has 0 aromatic carbocycles. The van der Waals surface area contributed by atoms with E-state index in [-0.39, 0.29) is 23.3 Å². The molecule has 0 saturated heterocycles. The van der Waals surface area contributed by atoms with E-state index in [0.29, 0.717) is 18.6 Å². The van der Waals surface area contributed by atoms with Crippen molar-refractivity contribution in [3.8, 4) is 0 Å². The summed E-state index contributed by atoms with van der Waals surface area (Å²) in [5, 5.41) is 11.1. The Hall–Kier alpha value is -1.11. The van der Waals surface area contributed by atoms with E-state index in [0.717, 1.165) is 0 Å². The number of rotatable bonds is 5. The number of hydrogen-bond acceptors (Lipinski definition) is 5. The van der Waals surface area contributed by atoms with Gasteiger partial charge in [0.05, 0.1) is 19.3 Å². The zero-order valence-corrected chi connectivity index (χ0v) is 17.5. The second-order valence-corrected chi connectivity index (χ2v) is 13.7. The largest absolute Gasteiger partial charge is 0.497 e. The average molecular weight is 369 g/mol. The smallest absolute Gasteiger partial charge is 0.340 e. The predicted octanol–water partition coefficient (Wildman–Crippen LogP) is 3.55. The Labute approximate surface area is 152 Å². The molecule has 1 unspecified atom stereocenters. The van der Waals surface area contributed by atoms with Crippen molar-refractivity contribution in [3.63, 3.8) is 0 Å². The second-order valence-electron chi connectivity index (χ2n) is 8.93. The van der Waals surface area contributed by atoms with E-state index in [1.165, 1.54) is 7.11 Å². The van der Waals surface area contributed by atoms with Crippen LogP contribution in [-0.4, -0.2) is 45.3 Å². The first kappa shape index (κ1) is 20.2. The topological polar surface area (TPSA) is 65.0 Å². The van der Waals surface area contributed by atoms with E-state index in [4.69, 9.17) is 13.9 Å². The van der Waals surface area contributed by atoms with Gasteiger partial charge in [0, 0.05) is 5.41 Å². The molecule has 1 aliphatic carbocycles. The van der Waals surface area contributed by atoms with E-state index in [9.17, 15) is 9.90 Å². The minimum atomic E-state index is -1.92. The van der Waals surface area contributed by atoms with Gasteiger partial charge in [-0.3, -0.25) is 0 Å². The average Bonchev–Trinajstić information content (AvgIpc) is 2.85. The number of aliphatic hydroxyl groups is 1. The first-order valence-electron chi connectivity index (χ1n) is 8.88. The lowest BCUT2D eigenvalue weighted by Gasteiger charge is -2.44. The lowest BCUT2D eigenvalue weighted by Crippen LogP contribution is -2.47. The molecule has 1 heterocycles. The summed E-state index contributed by atoms with van der Waals surface area (Å²) in [6, 6.07) is 0. The summed E-state index contributed by atoms with van der Waals surface area (Å²) in [6.07, 6.45) is 4.49. The molecule has 0 fully saturated rings. The molecule has 1 aliphatic heterocycles. The molecule has 142 valence electrons. The van der Waals surface area contributed by atoms with Crippen molar-refractivity contribution in [1.29, 1.82) is 0 Å². The SMILES string of the molecule is COC1=C(C(O)[C@@]2(C)CC=C[C@@H](O[Si](C)(C)C(C)(C)C)C2)C(=O)OC1. The van der Waals surface area contributed by atoms with Crippen LogP contribution in [0, 0.1) is 5.41 Å². The molecule has 0 aromatic rings. The van der Waals surface area contributed by atoms with E-state index in [1.807, 2.05) is 6.92 Å². The molecule has 0 amide bonds. The number of ether oxygens (including phenoxy) is 2.